The minimum Gasteiger partial charge on any atom is -0.458 e. The van der Waals surface area contributed by atoms with Crippen molar-refractivity contribution in [2.75, 3.05) is 11.1 Å². The molecule has 1 aromatic heterocycles. The molecule has 1 heterocycles. The third-order valence-electron chi connectivity index (χ3n) is 1.96. The highest BCUT2D eigenvalue weighted by Gasteiger charge is 2.10. The number of nitrogen functional groups attached to an aromatic ring is 1. The van der Waals surface area contributed by atoms with Crippen molar-refractivity contribution in [2.24, 2.45) is 0 Å². The van der Waals surface area contributed by atoms with E-state index in [1.807, 2.05) is 0 Å². The van der Waals surface area contributed by atoms with Gasteiger partial charge < -0.3 is 15.5 Å². The van der Waals surface area contributed by atoms with Crippen LogP contribution >= 0.6 is 15.9 Å². The average molecular weight is 281 g/mol. The van der Waals surface area contributed by atoms with E-state index in [0.29, 0.717) is 11.4 Å². The van der Waals surface area contributed by atoms with Gasteiger partial charge in [-0.3, -0.25) is 4.79 Å². The van der Waals surface area contributed by atoms with Crippen molar-refractivity contribution in [1.29, 1.82) is 0 Å². The average Bonchev–Trinajstić information content (AvgIpc) is 2.68. The van der Waals surface area contributed by atoms with E-state index in [1.165, 1.54) is 6.26 Å². The highest BCUT2D eigenvalue weighted by Crippen LogP contribution is 2.16. The molecule has 0 saturated heterocycles. The predicted octanol–water partition coefficient (Wildman–Crippen LogP) is 2.88. The maximum Gasteiger partial charge on any atom is 0.291 e. The highest BCUT2D eigenvalue weighted by atomic mass is 79.9. The zero-order valence-electron chi connectivity index (χ0n) is 8.24. The normalized spacial score (nSPS) is 10.1. The van der Waals surface area contributed by atoms with Gasteiger partial charge in [0.05, 0.1) is 4.47 Å². The highest BCUT2D eigenvalue weighted by molar-refractivity contribution is 9.10. The second-order valence-electron chi connectivity index (χ2n) is 3.21. The lowest BCUT2D eigenvalue weighted by Crippen LogP contribution is -2.10. The van der Waals surface area contributed by atoms with E-state index in [2.05, 4.69) is 21.2 Å². The molecule has 0 saturated carbocycles. The molecular weight excluding hydrogens is 272 g/mol. The van der Waals surface area contributed by atoms with Crippen LogP contribution in [0.25, 0.3) is 0 Å². The van der Waals surface area contributed by atoms with Crippen molar-refractivity contribution in [2.45, 2.75) is 0 Å². The first kappa shape index (κ1) is 10.8. The molecule has 1 aromatic carbocycles. The number of halogens is 1. The smallest absolute Gasteiger partial charge is 0.291 e. The lowest BCUT2D eigenvalue weighted by atomic mass is 10.3. The molecule has 0 spiro atoms. The van der Waals surface area contributed by atoms with E-state index in [0.717, 1.165) is 4.47 Å². The summed E-state index contributed by atoms with van der Waals surface area (Å²) in [6.07, 6.45) is 1.46. The minimum absolute atomic E-state index is 0.253. The Balaban J connectivity index is 2.10. The standard InChI is InChI=1S/C11H9BrN2O2/c12-7-5-10(16-6-7)11(15)14-9-3-1-8(13)2-4-9/h1-6H,13H2,(H,14,15). The van der Waals surface area contributed by atoms with Gasteiger partial charge in [0, 0.05) is 17.4 Å². The molecular formula is C11H9BrN2O2. The van der Waals surface area contributed by atoms with Gasteiger partial charge in [0.15, 0.2) is 5.76 Å². The Kier molecular flexibility index (Phi) is 2.96. The lowest BCUT2D eigenvalue weighted by molar-refractivity contribution is 0.0996. The molecule has 0 radical (unpaired) electrons. The van der Waals surface area contributed by atoms with Crippen molar-refractivity contribution in [3.63, 3.8) is 0 Å². The van der Waals surface area contributed by atoms with Gasteiger partial charge in [-0.05, 0) is 40.2 Å². The zero-order chi connectivity index (χ0) is 11.5. The van der Waals surface area contributed by atoms with Gasteiger partial charge in [-0.15, -0.1) is 0 Å². The van der Waals surface area contributed by atoms with Crippen LogP contribution in [0.4, 0.5) is 11.4 Å². The number of carbonyl (C=O) groups is 1. The van der Waals surface area contributed by atoms with Crippen molar-refractivity contribution in [1.82, 2.24) is 0 Å². The van der Waals surface area contributed by atoms with Crippen LogP contribution in [0.2, 0.25) is 0 Å². The van der Waals surface area contributed by atoms with Crippen molar-refractivity contribution in [3.05, 3.63) is 46.8 Å². The van der Waals surface area contributed by atoms with Crippen LogP contribution in [0.5, 0.6) is 0 Å². The third-order valence-corrected chi connectivity index (χ3v) is 2.38. The summed E-state index contributed by atoms with van der Waals surface area (Å²) >= 11 is 3.21. The number of hydrogen-bond donors (Lipinski definition) is 2. The number of nitrogens with two attached hydrogens (primary N) is 1. The minimum atomic E-state index is -0.296. The van der Waals surface area contributed by atoms with Gasteiger partial charge in [-0.1, -0.05) is 0 Å². The van der Waals surface area contributed by atoms with Gasteiger partial charge in [0.25, 0.3) is 5.91 Å². The number of hydrogen-bond acceptors (Lipinski definition) is 3. The van der Waals surface area contributed by atoms with Crippen molar-refractivity contribution in [3.8, 4) is 0 Å². The molecule has 5 heteroatoms. The number of anilines is 2. The van der Waals surface area contributed by atoms with Gasteiger partial charge >= 0.3 is 0 Å². The molecule has 0 atom stereocenters. The Hall–Kier alpha value is -1.75. The summed E-state index contributed by atoms with van der Waals surface area (Å²) in [5, 5.41) is 2.69. The molecule has 2 aromatic rings. The maximum atomic E-state index is 11.7. The summed E-state index contributed by atoms with van der Waals surface area (Å²) in [5.74, 6) is -0.0424. The van der Waals surface area contributed by atoms with Crippen LogP contribution < -0.4 is 11.1 Å². The first-order valence-electron chi connectivity index (χ1n) is 4.56. The van der Waals surface area contributed by atoms with Gasteiger partial charge in [-0.25, -0.2) is 0 Å². The number of amides is 1. The topological polar surface area (TPSA) is 68.3 Å². The SMILES string of the molecule is Nc1ccc(NC(=O)c2cc(Br)co2)cc1. The fourth-order valence-corrected chi connectivity index (χ4v) is 1.49. The summed E-state index contributed by atoms with van der Waals surface area (Å²) in [6.45, 7) is 0. The van der Waals surface area contributed by atoms with E-state index in [1.54, 1.807) is 30.3 Å². The molecule has 0 aliphatic carbocycles. The van der Waals surface area contributed by atoms with Crippen LogP contribution in [-0.4, -0.2) is 5.91 Å². The third kappa shape index (κ3) is 2.43. The maximum absolute atomic E-state index is 11.7. The van der Waals surface area contributed by atoms with E-state index >= 15 is 0 Å². The Morgan fingerprint density at radius 1 is 1.31 bits per heavy atom. The lowest BCUT2D eigenvalue weighted by Gasteiger charge is -2.02. The Labute approximate surface area is 101 Å². The monoisotopic (exact) mass is 280 g/mol. The Morgan fingerprint density at radius 2 is 2.00 bits per heavy atom. The number of carbonyl (C=O) groups excluding carboxylic acids is 1. The van der Waals surface area contributed by atoms with Crippen LogP contribution in [0, 0.1) is 0 Å². The zero-order valence-corrected chi connectivity index (χ0v) is 9.82. The molecule has 0 unspecified atom stereocenters. The molecule has 0 aliphatic heterocycles. The summed E-state index contributed by atoms with van der Waals surface area (Å²) in [7, 11) is 0. The van der Waals surface area contributed by atoms with Crippen LogP contribution in [0.1, 0.15) is 10.6 Å². The number of furan rings is 1. The van der Waals surface area contributed by atoms with Crippen molar-refractivity contribution < 1.29 is 9.21 Å². The molecule has 1 amide bonds. The number of nitrogens with one attached hydrogen (secondary N) is 1. The first-order chi connectivity index (χ1) is 7.65. The van der Waals surface area contributed by atoms with E-state index in [9.17, 15) is 4.79 Å². The van der Waals surface area contributed by atoms with Crippen LogP contribution in [0.3, 0.4) is 0 Å². The van der Waals surface area contributed by atoms with E-state index in [-0.39, 0.29) is 11.7 Å². The Bertz CT molecular complexity index is 505. The predicted molar refractivity (Wildman–Crippen MR) is 65.2 cm³/mol. The summed E-state index contributed by atoms with van der Waals surface area (Å²) in [6, 6.07) is 8.49. The van der Waals surface area contributed by atoms with Gasteiger partial charge in [0.1, 0.15) is 6.26 Å². The van der Waals surface area contributed by atoms with Gasteiger partial charge in [-0.2, -0.15) is 0 Å². The molecule has 0 aliphatic rings. The first-order valence-corrected chi connectivity index (χ1v) is 5.35. The molecule has 2 rings (SSSR count). The second kappa shape index (κ2) is 4.40. The van der Waals surface area contributed by atoms with Crippen molar-refractivity contribution >= 4 is 33.2 Å². The molecule has 3 N–H and O–H groups in total. The fraction of sp³-hybridized carbons (Fsp3) is 0. The summed E-state index contributed by atoms with van der Waals surface area (Å²) < 4.78 is 5.77. The largest absolute Gasteiger partial charge is 0.458 e. The summed E-state index contributed by atoms with van der Waals surface area (Å²) in [4.78, 5) is 11.7. The van der Waals surface area contributed by atoms with Crippen LogP contribution in [0.15, 0.2) is 45.5 Å². The fourth-order valence-electron chi connectivity index (χ4n) is 1.19. The Morgan fingerprint density at radius 3 is 2.56 bits per heavy atom. The second-order valence-corrected chi connectivity index (χ2v) is 4.12. The van der Waals surface area contributed by atoms with E-state index in [4.69, 9.17) is 10.2 Å². The quantitative estimate of drug-likeness (QED) is 0.832. The van der Waals surface area contributed by atoms with E-state index < -0.39 is 0 Å². The summed E-state index contributed by atoms with van der Waals surface area (Å²) in [5.41, 5.74) is 6.86. The molecule has 16 heavy (non-hydrogen) atoms. The van der Waals surface area contributed by atoms with Gasteiger partial charge in [0.2, 0.25) is 0 Å². The number of rotatable bonds is 2. The molecule has 0 bridgehead atoms. The number of benzene rings is 1. The molecule has 4 nitrogen and oxygen atoms in total. The van der Waals surface area contributed by atoms with Crippen LogP contribution in [-0.2, 0) is 0 Å². The molecule has 82 valence electrons. The molecule has 0 fully saturated rings.